The molecule has 0 spiro atoms. The van der Waals surface area contributed by atoms with Crippen molar-refractivity contribution in [3.63, 3.8) is 0 Å². The minimum Gasteiger partial charge on any atom is -0.377 e. The number of nitrogens with two attached hydrogens (primary N) is 1. The number of amides is 1. The number of carbonyl (C=O) groups excluding carboxylic acids is 1. The number of rotatable bonds is 6. The van der Waals surface area contributed by atoms with Crippen LogP contribution < -0.4 is 5.73 Å². The molecule has 2 aliphatic rings. The zero-order chi connectivity index (χ0) is 15.4. The van der Waals surface area contributed by atoms with Gasteiger partial charge in [-0.1, -0.05) is 0 Å². The van der Waals surface area contributed by atoms with Gasteiger partial charge in [-0.25, -0.2) is 4.98 Å². The Kier molecular flexibility index (Phi) is 7.08. The quantitative estimate of drug-likeness (QED) is 0.836. The van der Waals surface area contributed by atoms with Crippen molar-refractivity contribution in [2.45, 2.75) is 38.3 Å². The number of anilines is 1. The van der Waals surface area contributed by atoms with Gasteiger partial charge in [0.2, 0.25) is 5.91 Å². The molecule has 2 fully saturated rings. The summed E-state index contributed by atoms with van der Waals surface area (Å²) in [5, 5.41) is 0.581. The molecule has 2 N–H and O–H groups in total. The Hall–Kier alpha value is -0.890. The molecule has 130 valence electrons. The van der Waals surface area contributed by atoms with Gasteiger partial charge in [-0.05, 0) is 25.7 Å². The highest BCUT2D eigenvalue weighted by molar-refractivity contribution is 7.15. The lowest BCUT2D eigenvalue weighted by atomic mass is 10.2. The Morgan fingerprint density at radius 3 is 2.83 bits per heavy atom. The van der Waals surface area contributed by atoms with E-state index in [4.69, 9.17) is 10.5 Å². The maximum Gasteiger partial charge on any atom is 0.236 e. The molecule has 23 heavy (non-hydrogen) atoms. The molecule has 1 unspecified atom stereocenters. The number of likely N-dealkylation sites (tertiary alicyclic amines) is 1. The van der Waals surface area contributed by atoms with Gasteiger partial charge in [0.15, 0.2) is 5.13 Å². The molecule has 1 aromatic rings. The lowest BCUT2D eigenvalue weighted by Crippen LogP contribution is -2.41. The number of aromatic nitrogens is 1. The van der Waals surface area contributed by atoms with Crippen molar-refractivity contribution in [2.24, 2.45) is 0 Å². The van der Waals surface area contributed by atoms with Crippen molar-refractivity contribution in [1.29, 1.82) is 0 Å². The molecule has 0 aromatic carbocycles. The highest BCUT2D eigenvalue weighted by atomic mass is 35.5. The summed E-state index contributed by atoms with van der Waals surface area (Å²) < 4.78 is 5.73. The van der Waals surface area contributed by atoms with Crippen molar-refractivity contribution in [1.82, 2.24) is 14.8 Å². The molecule has 2 saturated heterocycles. The summed E-state index contributed by atoms with van der Waals surface area (Å²) in [7, 11) is 0. The summed E-state index contributed by atoms with van der Waals surface area (Å²) in [6.07, 6.45) is 6.51. The summed E-state index contributed by atoms with van der Waals surface area (Å²) in [5.41, 5.74) is 5.71. The highest BCUT2D eigenvalue weighted by Gasteiger charge is 2.24. The van der Waals surface area contributed by atoms with E-state index in [1.807, 2.05) is 11.1 Å². The molecular weight excluding hydrogens is 336 g/mol. The van der Waals surface area contributed by atoms with E-state index < -0.39 is 0 Å². The molecule has 3 rings (SSSR count). The highest BCUT2D eigenvalue weighted by Crippen LogP contribution is 2.19. The predicted octanol–water partition coefficient (Wildman–Crippen LogP) is 1.75. The van der Waals surface area contributed by atoms with Gasteiger partial charge >= 0.3 is 0 Å². The Labute approximate surface area is 147 Å². The summed E-state index contributed by atoms with van der Waals surface area (Å²) in [4.78, 5) is 21.8. The van der Waals surface area contributed by atoms with Crippen LogP contribution in [-0.2, 0) is 16.1 Å². The fourth-order valence-corrected chi connectivity index (χ4v) is 3.86. The van der Waals surface area contributed by atoms with E-state index >= 15 is 0 Å². The van der Waals surface area contributed by atoms with E-state index in [1.165, 1.54) is 11.3 Å². The standard InChI is InChI=1S/C15H24N4O2S.ClH/c16-15-17-8-13(22-15)10-18(9-12-4-3-7-21-12)11-14(20)19-5-1-2-6-19;/h8,12H,1-7,9-11H2,(H2,16,17);1H. The molecule has 1 atom stereocenters. The normalized spacial score (nSPS) is 20.9. The second kappa shape index (κ2) is 8.82. The molecule has 0 bridgehead atoms. The van der Waals surface area contributed by atoms with Gasteiger partial charge in [0, 0.05) is 43.9 Å². The summed E-state index contributed by atoms with van der Waals surface area (Å²) >= 11 is 1.49. The van der Waals surface area contributed by atoms with Crippen molar-refractivity contribution in [3.05, 3.63) is 11.1 Å². The zero-order valence-corrected chi connectivity index (χ0v) is 14.9. The van der Waals surface area contributed by atoms with Crippen LogP contribution in [0, 0.1) is 0 Å². The van der Waals surface area contributed by atoms with Crippen LogP contribution in [0.4, 0.5) is 5.13 Å². The Morgan fingerprint density at radius 1 is 1.43 bits per heavy atom. The second-order valence-corrected chi connectivity index (χ2v) is 7.20. The van der Waals surface area contributed by atoms with E-state index in [0.717, 1.165) is 56.8 Å². The smallest absolute Gasteiger partial charge is 0.236 e. The van der Waals surface area contributed by atoms with Crippen LogP contribution in [0.15, 0.2) is 6.20 Å². The second-order valence-electron chi connectivity index (χ2n) is 6.06. The largest absolute Gasteiger partial charge is 0.377 e. The number of carbonyl (C=O) groups is 1. The average molecular weight is 361 g/mol. The molecule has 2 aliphatic heterocycles. The molecule has 1 aromatic heterocycles. The minimum atomic E-state index is 0. The van der Waals surface area contributed by atoms with E-state index in [2.05, 4.69) is 9.88 Å². The number of hydrogen-bond acceptors (Lipinski definition) is 6. The summed E-state index contributed by atoms with van der Waals surface area (Å²) in [5.74, 6) is 0.230. The van der Waals surface area contributed by atoms with Gasteiger partial charge in [-0.3, -0.25) is 9.69 Å². The maximum absolute atomic E-state index is 12.4. The molecule has 6 nitrogen and oxygen atoms in total. The number of hydrogen-bond donors (Lipinski definition) is 1. The van der Waals surface area contributed by atoms with Crippen LogP contribution in [-0.4, -0.2) is 59.6 Å². The monoisotopic (exact) mass is 360 g/mol. The maximum atomic E-state index is 12.4. The number of nitrogen functional groups attached to an aromatic ring is 1. The van der Waals surface area contributed by atoms with Gasteiger partial charge in [-0.15, -0.1) is 23.7 Å². The first-order chi connectivity index (χ1) is 10.7. The van der Waals surface area contributed by atoms with Crippen molar-refractivity contribution in [3.8, 4) is 0 Å². The Balaban J connectivity index is 0.00000192. The van der Waals surface area contributed by atoms with Gasteiger partial charge in [0.05, 0.1) is 12.6 Å². The van der Waals surface area contributed by atoms with Crippen LogP contribution in [0.5, 0.6) is 0 Å². The topological polar surface area (TPSA) is 71.7 Å². The molecule has 3 heterocycles. The summed E-state index contributed by atoms with van der Waals surface area (Å²) in [6.45, 7) is 4.62. The van der Waals surface area contributed by atoms with Crippen LogP contribution in [0.25, 0.3) is 0 Å². The van der Waals surface area contributed by atoms with Crippen LogP contribution in [0.3, 0.4) is 0 Å². The lowest BCUT2D eigenvalue weighted by molar-refractivity contribution is -0.131. The number of thiazole rings is 1. The van der Waals surface area contributed by atoms with Crippen molar-refractivity contribution in [2.75, 3.05) is 38.5 Å². The number of ether oxygens (including phenoxy) is 1. The third-order valence-electron chi connectivity index (χ3n) is 4.25. The average Bonchev–Trinajstić information content (AvgIpc) is 3.21. The Bertz CT molecular complexity index is 501. The fraction of sp³-hybridized carbons (Fsp3) is 0.733. The first kappa shape index (κ1) is 18.4. The molecular formula is C15H25ClN4O2S. The lowest BCUT2D eigenvalue weighted by Gasteiger charge is -2.26. The SMILES string of the molecule is Cl.Nc1ncc(CN(CC(=O)N2CCCC2)CC2CCCO2)s1. The van der Waals surface area contributed by atoms with E-state index in [9.17, 15) is 4.79 Å². The molecule has 8 heteroatoms. The van der Waals surface area contributed by atoms with Gasteiger partial charge in [0.25, 0.3) is 0 Å². The van der Waals surface area contributed by atoms with Crippen LogP contribution >= 0.6 is 23.7 Å². The van der Waals surface area contributed by atoms with Crippen LogP contribution in [0.2, 0.25) is 0 Å². The molecule has 0 radical (unpaired) electrons. The molecule has 0 aliphatic carbocycles. The number of halogens is 1. The van der Waals surface area contributed by atoms with E-state index in [0.29, 0.717) is 18.2 Å². The molecule has 0 saturated carbocycles. The number of nitrogens with zero attached hydrogens (tertiary/aromatic N) is 3. The predicted molar refractivity (Wildman–Crippen MR) is 93.8 cm³/mol. The van der Waals surface area contributed by atoms with E-state index in [1.54, 1.807) is 0 Å². The zero-order valence-electron chi connectivity index (χ0n) is 13.3. The van der Waals surface area contributed by atoms with Crippen molar-refractivity contribution >= 4 is 34.8 Å². The summed E-state index contributed by atoms with van der Waals surface area (Å²) in [6, 6.07) is 0. The third-order valence-corrected chi connectivity index (χ3v) is 5.07. The minimum absolute atomic E-state index is 0. The van der Waals surface area contributed by atoms with Gasteiger partial charge in [-0.2, -0.15) is 0 Å². The van der Waals surface area contributed by atoms with Gasteiger partial charge in [0.1, 0.15) is 0 Å². The van der Waals surface area contributed by atoms with Gasteiger partial charge < -0.3 is 15.4 Å². The van der Waals surface area contributed by atoms with E-state index in [-0.39, 0.29) is 24.4 Å². The molecule has 1 amide bonds. The van der Waals surface area contributed by atoms with Crippen LogP contribution in [0.1, 0.15) is 30.6 Å². The third kappa shape index (κ3) is 5.31. The fourth-order valence-electron chi connectivity index (χ4n) is 3.14. The Morgan fingerprint density at radius 2 is 2.22 bits per heavy atom. The first-order valence-electron chi connectivity index (χ1n) is 8.02. The first-order valence-corrected chi connectivity index (χ1v) is 8.84. The van der Waals surface area contributed by atoms with Crippen molar-refractivity contribution < 1.29 is 9.53 Å².